The van der Waals surface area contributed by atoms with Gasteiger partial charge in [0.05, 0.1) is 0 Å². The lowest BCUT2D eigenvalue weighted by Gasteiger charge is -2.18. The van der Waals surface area contributed by atoms with Crippen LogP contribution in [-0.4, -0.2) is 27.4 Å². The van der Waals surface area contributed by atoms with E-state index in [-0.39, 0.29) is 17.0 Å². The first-order valence-electron chi connectivity index (χ1n) is 7.89. The fourth-order valence-corrected chi connectivity index (χ4v) is 2.79. The van der Waals surface area contributed by atoms with Crippen LogP contribution in [0.3, 0.4) is 0 Å². The Kier molecular flexibility index (Phi) is 4.42. The van der Waals surface area contributed by atoms with Crippen LogP contribution in [0.5, 0.6) is 0 Å². The van der Waals surface area contributed by atoms with Crippen LogP contribution in [0.4, 0.5) is 0 Å². The molecule has 0 saturated carbocycles. The molecule has 0 atom stereocenters. The topological polar surface area (TPSA) is 55.2 Å². The van der Waals surface area contributed by atoms with Crippen molar-refractivity contribution in [2.24, 2.45) is 0 Å². The number of fused-ring (bicyclic) bond motifs is 1. The summed E-state index contributed by atoms with van der Waals surface area (Å²) in [5, 5.41) is 0.787. The fourth-order valence-electron chi connectivity index (χ4n) is 2.79. The third-order valence-electron chi connectivity index (χ3n) is 4.00. The third-order valence-corrected chi connectivity index (χ3v) is 4.00. The summed E-state index contributed by atoms with van der Waals surface area (Å²) in [7, 11) is 1.71. The predicted molar refractivity (Wildman–Crippen MR) is 93.9 cm³/mol. The largest absolute Gasteiger partial charge is 0.337 e. The molecule has 0 N–H and O–H groups in total. The van der Waals surface area contributed by atoms with Crippen LogP contribution in [0.25, 0.3) is 11.0 Å². The van der Waals surface area contributed by atoms with E-state index in [1.807, 2.05) is 43.3 Å². The summed E-state index contributed by atoms with van der Waals surface area (Å²) >= 11 is 0. The van der Waals surface area contributed by atoms with Gasteiger partial charge in [0.15, 0.2) is 0 Å². The van der Waals surface area contributed by atoms with E-state index in [4.69, 9.17) is 0 Å². The number of nitrogens with zero attached hydrogens (tertiary/aromatic N) is 3. The SMILES string of the molecule is CCn1c(=O)c(C(=O)N(C)Cc2ccccc2)cc2cccnc21. The van der Waals surface area contributed by atoms with Gasteiger partial charge in [-0.05, 0) is 30.7 Å². The van der Waals surface area contributed by atoms with Gasteiger partial charge in [-0.2, -0.15) is 0 Å². The van der Waals surface area contributed by atoms with Crippen molar-refractivity contribution in [1.29, 1.82) is 0 Å². The Hall–Kier alpha value is -2.95. The number of rotatable bonds is 4. The molecule has 0 radical (unpaired) electrons. The number of amides is 1. The molecule has 0 aliphatic rings. The highest BCUT2D eigenvalue weighted by Gasteiger charge is 2.19. The lowest BCUT2D eigenvalue weighted by atomic mass is 10.1. The van der Waals surface area contributed by atoms with Crippen LogP contribution < -0.4 is 5.56 Å². The van der Waals surface area contributed by atoms with Crippen molar-refractivity contribution in [1.82, 2.24) is 14.5 Å². The molecule has 1 amide bonds. The number of hydrogen-bond donors (Lipinski definition) is 0. The molecule has 0 fully saturated rings. The van der Waals surface area contributed by atoms with Gasteiger partial charge >= 0.3 is 0 Å². The zero-order chi connectivity index (χ0) is 17.1. The maximum Gasteiger partial charge on any atom is 0.265 e. The Bertz CT molecular complexity index is 932. The molecule has 2 heterocycles. The van der Waals surface area contributed by atoms with Crippen LogP contribution in [0.1, 0.15) is 22.8 Å². The van der Waals surface area contributed by atoms with Gasteiger partial charge in [-0.1, -0.05) is 30.3 Å². The van der Waals surface area contributed by atoms with Crippen molar-refractivity contribution in [2.45, 2.75) is 20.0 Å². The summed E-state index contributed by atoms with van der Waals surface area (Å²) in [6.45, 7) is 2.80. The third kappa shape index (κ3) is 2.93. The molecule has 3 rings (SSSR count). The molecule has 24 heavy (non-hydrogen) atoms. The fraction of sp³-hybridized carbons (Fsp3) is 0.211. The van der Waals surface area contributed by atoms with Crippen LogP contribution in [0.15, 0.2) is 59.5 Å². The number of carbonyl (C=O) groups excluding carboxylic acids is 1. The first kappa shape index (κ1) is 15.9. The van der Waals surface area contributed by atoms with Crippen LogP contribution >= 0.6 is 0 Å². The first-order chi connectivity index (χ1) is 11.6. The maximum atomic E-state index is 12.8. The summed E-state index contributed by atoms with van der Waals surface area (Å²) < 4.78 is 1.54. The molecule has 122 valence electrons. The van der Waals surface area contributed by atoms with Crippen LogP contribution in [0.2, 0.25) is 0 Å². The van der Waals surface area contributed by atoms with Gasteiger partial charge in [-0.15, -0.1) is 0 Å². The number of aryl methyl sites for hydroxylation is 1. The average Bonchev–Trinajstić information content (AvgIpc) is 2.61. The zero-order valence-electron chi connectivity index (χ0n) is 13.8. The minimum absolute atomic E-state index is 0.177. The number of pyridine rings is 2. The van der Waals surface area contributed by atoms with E-state index in [1.54, 1.807) is 34.8 Å². The van der Waals surface area contributed by atoms with Crippen molar-refractivity contribution < 1.29 is 4.79 Å². The molecule has 3 aromatic rings. The highest BCUT2D eigenvalue weighted by Crippen LogP contribution is 2.13. The van der Waals surface area contributed by atoms with E-state index in [1.165, 1.54) is 0 Å². The highest BCUT2D eigenvalue weighted by atomic mass is 16.2. The first-order valence-corrected chi connectivity index (χ1v) is 7.89. The summed E-state index contributed by atoms with van der Waals surface area (Å²) in [6.07, 6.45) is 1.65. The van der Waals surface area contributed by atoms with E-state index in [2.05, 4.69) is 4.98 Å². The molecular formula is C19H19N3O2. The quantitative estimate of drug-likeness (QED) is 0.742. The summed E-state index contributed by atoms with van der Waals surface area (Å²) in [6, 6.07) is 15.0. The van der Waals surface area contributed by atoms with Crippen molar-refractivity contribution in [3.05, 3.63) is 76.2 Å². The van der Waals surface area contributed by atoms with Gasteiger partial charge in [0.1, 0.15) is 11.2 Å². The number of carbonyl (C=O) groups is 1. The monoisotopic (exact) mass is 321 g/mol. The standard InChI is InChI=1S/C19H19N3O2/c1-3-22-17-15(10-7-11-20-17)12-16(19(22)24)18(23)21(2)13-14-8-5-4-6-9-14/h4-12H,3,13H2,1-2H3. The predicted octanol–water partition coefficient (Wildman–Crippen LogP) is 2.69. The minimum Gasteiger partial charge on any atom is -0.337 e. The van der Waals surface area contributed by atoms with Crippen LogP contribution in [-0.2, 0) is 13.1 Å². The smallest absolute Gasteiger partial charge is 0.265 e. The van der Waals surface area contributed by atoms with E-state index in [0.717, 1.165) is 10.9 Å². The van der Waals surface area contributed by atoms with Crippen molar-refractivity contribution in [2.75, 3.05) is 7.05 Å². The van der Waals surface area contributed by atoms with E-state index < -0.39 is 0 Å². The van der Waals surface area contributed by atoms with Gasteiger partial charge in [-0.25, -0.2) is 4.98 Å². The Labute approximate surface area is 140 Å². The van der Waals surface area contributed by atoms with Crippen molar-refractivity contribution in [3.63, 3.8) is 0 Å². The number of benzene rings is 1. The maximum absolute atomic E-state index is 12.8. The molecule has 1 aromatic carbocycles. The Morgan fingerprint density at radius 1 is 1.17 bits per heavy atom. The molecular weight excluding hydrogens is 302 g/mol. The zero-order valence-corrected chi connectivity index (χ0v) is 13.8. The van der Waals surface area contributed by atoms with E-state index in [9.17, 15) is 9.59 Å². The lowest BCUT2D eigenvalue weighted by Crippen LogP contribution is -2.34. The molecule has 2 aromatic heterocycles. The van der Waals surface area contributed by atoms with E-state index in [0.29, 0.717) is 18.7 Å². The molecule has 0 saturated heterocycles. The Morgan fingerprint density at radius 2 is 1.92 bits per heavy atom. The lowest BCUT2D eigenvalue weighted by molar-refractivity contribution is 0.0783. The number of aromatic nitrogens is 2. The molecule has 0 bridgehead atoms. The Balaban J connectivity index is 2.00. The second-order valence-corrected chi connectivity index (χ2v) is 5.67. The van der Waals surface area contributed by atoms with Gasteiger partial charge in [0.2, 0.25) is 0 Å². The molecule has 0 aliphatic heterocycles. The second kappa shape index (κ2) is 6.66. The number of hydrogen-bond acceptors (Lipinski definition) is 3. The van der Waals surface area contributed by atoms with Gasteiger partial charge < -0.3 is 4.90 Å². The molecule has 0 aliphatic carbocycles. The van der Waals surface area contributed by atoms with Crippen LogP contribution in [0, 0.1) is 0 Å². The minimum atomic E-state index is -0.298. The van der Waals surface area contributed by atoms with Crippen molar-refractivity contribution in [3.8, 4) is 0 Å². The summed E-state index contributed by atoms with van der Waals surface area (Å²) in [4.78, 5) is 31.3. The van der Waals surface area contributed by atoms with E-state index >= 15 is 0 Å². The van der Waals surface area contributed by atoms with Gasteiger partial charge in [-0.3, -0.25) is 14.2 Å². The summed E-state index contributed by atoms with van der Waals surface area (Å²) in [5.41, 5.74) is 1.50. The van der Waals surface area contributed by atoms with Gasteiger partial charge in [0, 0.05) is 31.7 Å². The highest BCUT2D eigenvalue weighted by molar-refractivity contribution is 5.96. The normalized spacial score (nSPS) is 10.8. The Morgan fingerprint density at radius 3 is 2.62 bits per heavy atom. The molecule has 0 spiro atoms. The van der Waals surface area contributed by atoms with Crippen molar-refractivity contribution >= 4 is 16.9 Å². The summed E-state index contributed by atoms with van der Waals surface area (Å²) in [5.74, 6) is -0.281. The second-order valence-electron chi connectivity index (χ2n) is 5.67. The van der Waals surface area contributed by atoms with Gasteiger partial charge in [0.25, 0.3) is 11.5 Å². The average molecular weight is 321 g/mol. The molecule has 0 unspecified atom stereocenters. The molecule has 5 heteroatoms. The molecule has 5 nitrogen and oxygen atoms in total.